The Morgan fingerprint density at radius 1 is 1.47 bits per heavy atom. The SMILES string of the molecule is CCN(CCCl)c1cncc2nnnn12. The lowest BCUT2D eigenvalue weighted by molar-refractivity contribution is 0.767. The van der Waals surface area contributed by atoms with Gasteiger partial charge in [-0.2, -0.15) is 4.52 Å². The maximum Gasteiger partial charge on any atom is 0.199 e. The number of alkyl halides is 1. The molecule has 7 heteroatoms. The minimum absolute atomic E-state index is 0.562. The highest BCUT2D eigenvalue weighted by Gasteiger charge is 2.09. The van der Waals surface area contributed by atoms with Crippen LogP contribution < -0.4 is 4.90 Å². The molecule has 0 aliphatic carbocycles. The Labute approximate surface area is 91.9 Å². The molecule has 2 aromatic heterocycles. The van der Waals surface area contributed by atoms with Crippen LogP contribution >= 0.6 is 11.6 Å². The third kappa shape index (κ3) is 1.85. The van der Waals surface area contributed by atoms with E-state index in [9.17, 15) is 0 Å². The Kier molecular flexibility index (Phi) is 2.96. The van der Waals surface area contributed by atoms with Crippen molar-refractivity contribution in [2.45, 2.75) is 6.92 Å². The number of nitrogens with zero attached hydrogens (tertiary/aromatic N) is 6. The molecule has 2 heterocycles. The van der Waals surface area contributed by atoms with E-state index in [0.717, 1.165) is 18.9 Å². The zero-order chi connectivity index (χ0) is 10.7. The fourth-order valence-electron chi connectivity index (χ4n) is 1.42. The molecule has 0 aliphatic heterocycles. The summed E-state index contributed by atoms with van der Waals surface area (Å²) in [6, 6.07) is 0. The minimum atomic E-state index is 0.562. The molecule has 2 aromatic rings. The Bertz CT molecular complexity index is 441. The summed E-state index contributed by atoms with van der Waals surface area (Å²) in [4.78, 5) is 6.16. The van der Waals surface area contributed by atoms with Gasteiger partial charge in [-0.05, 0) is 17.4 Å². The number of hydrogen-bond acceptors (Lipinski definition) is 5. The van der Waals surface area contributed by atoms with Gasteiger partial charge in [0.15, 0.2) is 11.5 Å². The number of anilines is 1. The monoisotopic (exact) mass is 226 g/mol. The van der Waals surface area contributed by atoms with Crippen LogP contribution in [0.5, 0.6) is 0 Å². The van der Waals surface area contributed by atoms with Gasteiger partial charge in [-0.1, -0.05) is 0 Å². The molecular formula is C8H11ClN6. The Balaban J connectivity index is 2.44. The van der Waals surface area contributed by atoms with E-state index in [1.54, 1.807) is 16.9 Å². The van der Waals surface area contributed by atoms with Crippen LogP contribution in [0, 0.1) is 0 Å². The van der Waals surface area contributed by atoms with Crippen molar-refractivity contribution in [1.29, 1.82) is 0 Å². The van der Waals surface area contributed by atoms with Gasteiger partial charge in [-0.15, -0.1) is 16.7 Å². The fourth-order valence-corrected chi connectivity index (χ4v) is 1.62. The zero-order valence-corrected chi connectivity index (χ0v) is 9.09. The van der Waals surface area contributed by atoms with Crippen LogP contribution in [0.25, 0.3) is 5.65 Å². The van der Waals surface area contributed by atoms with E-state index in [1.165, 1.54) is 0 Å². The molecule has 80 valence electrons. The van der Waals surface area contributed by atoms with Gasteiger partial charge in [-0.3, -0.25) is 4.98 Å². The fraction of sp³-hybridized carbons (Fsp3) is 0.500. The van der Waals surface area contributed by atoms with Crippen molar-refractivity contribution in [3.8, 4) is 0 Å². The molecule has 0 radical (unpaired) electrons. The van der Waals surface area contributed by atoms with E-state index in [4.69, 9.17) is 11.6 Å². The van der Waals surface area contributed by atoms with E-state index in [0.29, 0.717) is 11.5 Å². The zero-order valence-electron chi connectivity index (χ0n) is 8.34. The van der Waals surface area contributed by atoms with E-state index < -0.39 is 0 Å². The summed E-state index contributed by atoms with van der Waals surface area (Å²) in [6.07, 6.45) is 3.36. The summed E-state index contributed by atoms with van der Waals surface area (Å²) in [7, 11) is 0. The first-order chi connectivity index (χ1) is 7.36. The summed E-state index contributed by atoms with van der Waals surface area (Å²) in [5, 5.41) is 11.3. The van der Waals surface area contributed by atoms with Crippen molar-refractivity contribution in [1.82, 2.24) is 25.0 Å². The standard InChI is InChI=1S/C8H11ClN6/c1-2-14(4-3-9)8-6-10-5-7-11-12-13-15(7)8/h5-6H,2-4H2,1H3. The number of fused-ring (bicyclic) bond motifs is 1. The molecule has 0 bridgehead atoms. The van der Waals surface area contributed by atoms with Crippen LogP contribution in [0.1, 0.15) is 6.92 Å². The van der Waals surface area contributed by atoms with E-state index in [-0.39, 0.29) is 0 Å². The predicted octanol–water partition coefficient (Wildman–Crippen LogP) is 0.584. The molecule has 0 atom stereocenters. The van der Waals surface area contributed by atoms with Gasteiger partial charge in [0.25, 0.3) is 0 Å². The number of rotatable bonds is 4. The van der Waals surface area contributed by atoms with E-state index >= 15 is 0 Å². The average molecular weight is 227 g/mol. The van der Waals surface area contributed by atoms with Gasteiger partial charge in [0.05, 0.1) is 12.4 Å². The van der Waals surface area contributed by atoms with Crippen LogP contribution in [0.15, 0.2) is 12.4 Å². The Morgan fingerprint density at radius 2 is 2.33 bits per heavy atom. The topological polar surface area (TPSA) is 59.2 Å². The molecule has 0 saturated carbocycles. The molecule has 2 rings (SSSR count). The maximum absolute atomic E-state index is 5.73. The first kappa shape index (κ1) is 10.1. The van der Waals surface area contributed by atoms with Crippen molar-refractivity contribution >= 4 is 23.1 Å². The third-order valence-electron chi connectivity index (χ3n) is 2.15. The smallest absolute Gasteiger partial charge is 0.199 e. The Morgan fingerprint density at radius 3 is 3.07 bits per heavy atom. The van der Waals surface area contributed by atoms with Crippen molar-refractivity contribution in [3.63, 3.8) is 0 Å². The van der Waals surface area contributed by atoms with Gasteiger partial charge < -0.3 is 4.90 Å². The van der Waals surface area contributed by atoms with Crippen molar-refractivity contribution in [2.75, 3.05) is 23.9 Å². The molecule has 0 N–H and O–H groups in total. The van der Waals surface area contributed by atoms with E-state index in [1.807, 2.05) is 0 Å². The van der Waals surface area contributed by atoms with E-state index in [2.05, 4.69) is 32.3 Å². The molecule has 0 spiro atoms. The van der Waals surface area contributed by atoms with Gasteiger partial charge in [-0.25, -0.2) is 0 Å². The lowest BCUT2D eigenvalue weighted by atomic mass is 10.5. The summed E-state index contributed by atoms with van der Waals surface area (Å²) >= 11 is 5.73. The molecule has 6 nitrogen and oxygen atoms in total. The third-order valence-corrected chi connectivity index (χ3v) is 2.32. The lowest BCUT2D eigenvalue weighted by Crippen LogP contribution is -2.27. The maximum atomic E-state index is 5.73. The minimum Gasteiger partial charge on any atom is -0.354 e. The summed E-state index contributed by atoms with van der Waals surface area (Å²) in [5.41, 5.74) is 0.639. The van der Waals surface area contributed by atoms with Gasteiger partial charge in [0, 0.05) is 19.0 Å². The lowest BCUT2D eigenvalue weighted by Gasteiger charge is -2.20. The highest BCUT2D eigenvalue weighted by atomic mass is 35.5. The van der Waals surface area contributed by atoms with Gasteiger partial charge >= 0.3 is 0 Å². The van der Waals surface area contributed by atoms with Crippen LogP contribution in [0.3, 0.4) is 0 Å². The van der Waals surface area contributed by atoms with Crippen LogP contribution in [-0.4, -0.2) is 44.0 Å². The summed E-state index contributed by atoms with van der Waals surface area (Å²) in [6.45, 7) is 3.64. The Hall–Kier alpha value is -1.43. The van der Waals surface area contributed by atoms with Gasteiger partial charge in [0.2, 0.25) is 0 Å². The van der Waals surface area contributed by atoms with Crippen LogP contribution in [0.2, 0.25) is 0 Å². The number of tetrazole rings is 1. The number of aromatic nitrogens is 5. The van der Waals surface area contributed by atoms with Crippen LogP contribution in [0.4, 0.5) is 5.82 Å². The molecule has 0 aliphatic rings. The van der Waals surface area contributed by atoms with Crippen molar-refractivity contribution in [3.05, 3.63) is 12.4 Å². The average Bonchev–Trinajstić information content (AvgIpc) is 2.73. The second-order valence-electron chi connectivity index (χ2n) is 2.98. The summed E-state index contributed by atoms with van der Waals surface area (Å²) in [5.74, 6) is 1.42. The van der Waals surface area contributed by atoms with Gasteiger partial charge in [0.1, 0.15) is 0 Å². The summed E-state index contributed by atoms with van der Waals surface area (Å²) < 4.78 is 1.66. The van der Waals surface area contributed by atoms with Crippen molar-refractivity contribution in [2.24, 2.45) is 0 Å². The second kappa shape index (κ2) is 4.39. The number of hydrogen-bond donors (Lipinski definition) is 0. The molecule has 0 saturated heterocycles. The number of halogens is 1. The van der Waals surface area contributed by atoms with Crippen molar-refractivity contribution < 1.29 is 0 Å². The molecular weight excluding hydrogens is 216 g/mol. The molecule has 15 heavy (non-hydrogen) atoms. The first-order valence-electron chi connectivity index (χ1n) is 4.69. The second-order valence-corrected chi connectivity index (χ2v) is 3.36. The molecule has 0 fully saturated rings. The first-order valence-corrected chi connectivity index (χ1v) is 5.23. The predicted molar refractivity (Wildman–Crippen MR) is 57.2 cm³/mol. The highest BCUT2D eigenvalue weighted by molar-refractivity contribution is 6.18. The molecule has 0 amide bonds. The normalized spacial score (nSPS) is 10.8. The quantitative estimate of drug-likeness (QED) is 0.714. The molecule has 0 aromatic carbocycles. The highest BCUT2D eigenvalue weighted by Crippen LogP contribution is 2.12. The van der Waals surface area contributed by atoms with Crippen LogP contribution in [-0.2, 0) is 0 Å². The molecule has 0 unspecified atom stereocenters. The largest absolute Gasteiger partial charge is 0.354 e.